The van der Waals surface area contributed by atoms with E-state index in [-0.39, 0.29) is 11.3 Å². The number of likely N-dealkylation sites (tertiary alicyclic amines) is 1. The van der Waals surface area contributed by atoms with Crippen molar-refractivity contribution >= 4 is 23.1 Å². The van der Waals surface area contributed by atoms with Gasteiger partial charge in [-0.25, -0.2) is 4.98 Å². The van der Waals surface area contributed by atoms with E-state index in [9.17, 15) is 14.7 Å². The van der Waals surface area contributed by atoms with Crippen molar-refractivity contribution in [3.63, 3.8) is 0 Å². The van der Waals surface area contributed by atoms with Crippen molar-refractivity contribution in [3.05, 3.63) is 76.7 Å². The highest BCUT2D eigenvalue weighted by Gasteiger charge is 2.46. The summed E-state index contributed by atoms with van der Waals surface area (Å²) in [4.78, 5) is 34.6. The van der Waals surface area contributed by atoms with E-state index in [0.717, 1.165) is 18.5 Å². The van der Waals surface area contributed by atoms with Gasteiger partial charge in [-0.05, 0) is 63.2 Å². The number of aliphatic hydroxyl groups excluding tert-OH is 1. The van der Waals surface area contributed by atoms with Crippen molar-refractivity contribution in [1.82, 2.24) is 19.2 Å². The SMILES string of the molecule is Cc1nc2ccccn2c1C(O)=C1C(=O)C(=O)N(CCCN(C)C)[C@H]1c1ccc(C(C)C)cc1. The van der Waals surface area contributed by atoms with Crippen LogP contribution >= 0.6 is 0 Å². The monoisotopic (exact) mass is 460 g/mol. The Labute approximate surface area is 200 Å². The molecule has 7 heteroatoms. The molecular weight excluding hydrogens is 428 g/mol. The maximum Gasteiger partial charge on any atom is 0.295 e. The van der Waals surface area contributed by atoms with Crippen molar-refractivity contribution in [2.45, 2.75) is 39.2 Å². The molecule has 1 saturated heterocycles. The van der Waals surface area contributed by atoms with E-state index < -0.39 is 17.7 Å². The van der Waals surface area contributed by atoms with Gasteiger partial charge in [-0.1, -0.05) is 44.2 Å². The Morgan fingerprint density at radius 1 is 1.12 bits per heavy atom. The van der Waals surface area contributed by atoms with Gasteiger partial charge >= 0.3 is 0 Å². The number of nitrogens with zero attached hydrogens (tertiary/aromatic N) is 4. The number of hydrogen-bond acceptors (Lipinski definition) is 5. The van der Waals surface area contributed by atoms with Gasteiger partial charge < -0.3 is 14.9 Å². The molecule has 4 rings (SSSR count). The Kier molecular flexibility index (Phi) is 6.57. The molecule has 3 aromatic rings. The quantitative estimate of drug-likeness (QED) is 0.326. The highest BCUT2D eigenvalue weighted by molar-refractivity contribution is 6.46. The summed E-state index contributed by atoms with van der Waals surface area (Å²) >= 11 is 0. The highest BCUT2D eigenvalue weighted by Crippen LogP contribution is 2.40. The zero-order chi connectivity index (χ0) is 24.6. The maximum atomic E-state index is 13.3. The molecule has 0 unspecified atom stereocenters. The second-order valence-corrected chi connectivity index (χ2v) is 9.45. The molecular formula is C27H32N4O3. The molecule has 1 aliphatic rings. The number of pyridine rings is 1. The number of imidazole rings is 1. The van der Waals surface area contributed by atoms with Gasteiger partial charge in [0, 0.05) is 12.7 Å². The van der Waals surface area contributed by atoms with E-state index in [1.54, 1.807) is 22.4 Å². The second kappa shape index (κ2) is 9.43. The van der Waals surface area contributed by atoms with Gasteiger partial charge in [-0.2, -0.15) is 0 Å². The van der Waals surface area contributed by atoms with Crippen LogP contribution in [0.1, 0.15) is 54.7 Å². The summed E-state index contributed by atoms with van der Waals surface area (Å²) in [6.07, 6.45) is 2.51. The molecule has 0 bridgehead atoms. The van der Waals surface area contributed by atoms with E-state index in [0.29, 0.717) is 29.5 Å². The summed E-state index contributed by atoms with van der Waals surface area (Å²) in [5.41, 5.74) is 3.79. The minimum absolute atomic E-state index is 0.112. The van der Waals surface area contributed by atoms with Crippen LogP contribution in [0.25, 0.3) is 11.4 Å². The molecule has 1 amide bonds. The largest absolute Gasteiger partial charge is 0.505 e. The molecule has 34 heavy (non-hydrogen) atoms. The van der Waals surface area contributed by atoms with E-state index >= 15 is 0 Å². The van der Waals surface area contributed by atoms with Crippen molar-refractivity contribution in [3.8, 4) is 0 Å². The van der Waals surface area contributed by atoms with Crippen LogP contribution in [0, 0.1) is 6.92 Å². The number of aliphatic hydroxyl groups is 1. The molecule has 3 heterocycles. The molecule has 1 atom stereocenters. The molecule has 1 fully saturated rings. The van der Waals surface area contributed by atoms with Crippen molar-refractivity contribution < 1.29 is 14.7 Å². The van der Waals surface area contributed by atoms with Crippen LogP contribution in [-0.4, -0.2) is 63.2 Å². The average Bonchev–Trinajstić information content (AvgIpc) is 3.27. The minimum atomic E-state index is -0.662. The minimum Gasteiger partial charge on any atom is -0.505 e. The smallest absolute Gasteiger partial charge is 0.295 e. The third-order valence-electron chi connectivity index (χ3n) is 6.39. The van der Waals surface area contributed by atoms with E-state index in [1.807, 2.05) is 61.5 Å². The number of hydrogen-bond donors (Lipinski definition) is 1. The molecule has 1 N–H and O–H groups in total. The Balaban J connectivity index is 1.86. The van der Waals surface area contributed by atoms with Crippen LogP contribution in [0.4, 0.5) is 0 Å². The lowest BCUT2D eigenvalue weighted by molar-refractivity contribution is -0.139. The zero-order valence-corrected chi connectivity index (χ0v) is 20.4. The van der Waals surface area contributed by atoms with Crippen LogP contribution in [0.15, 0.2) is 54.2 Å². The number of ketones is 1. The molecule has 0 radical (unpaired) electrons. The summed E-state index contributed by atoms with van der Waals surface area (Å²) in [6, 6.07) is 12.9. The molecule has 7 nitrogen and oxygen atoms in total. The maximum absolute atomic E-state index is 13.3. The van der Waals surface area contributed by atoms with Crippen molar-refractivity contribution in [2.24, 2.45) is 0 Å². The van der Waals surface area contributed by atoms with E-state index in [4.69, 9.17) is 0 Å². The van der Waals surface area contributed by atoms with Gasteiger partial charge in [-0.3, -0.25) is 14.0 Å². The van der Waals surface area contributed by atoms with Gasteiger partial charge in [0.05, 0.1) is 17.3 Å². The van der Waals surface area contributed by atoms with Crippen molar-refractivity contribution in [1.29, 1.82) is 0 Å². The number of Topliss-reactive ketones (excluding diaryl/α,β-unsaturated/α-hetero) is 1. The molecule has 1 aliphatic heterocycles. The zero-order valence-electron chi connectivity index (χ0n) is 20.4. The average molecular weight is 461 g/mol. The number of aromatic nitrogens is 2. The number of carbonyl (C=O) groups excluding carboxylic acids is 2. The fraction of sp³-hybridized carbons (Fsp3) is 0.370. The summed E-state index contributed by atoms with van der Waals surface area (Å²) in [5.74, 6) is -1.07. The normalized spacial score (nSPS) is 18.1. The molecule has 2 aromatic heterocycles. The van der Waals surface area contributed by atoms with Gasteiger partial charge in [0.2, 0.25) is 0 Å². The topological polar surface area (TPSA) is 78.1 Å². The Bertz CT molecular complexity index is 1250. The third-order valence-corrected chi connectivity index (χ3v) is 6.39. The number of rotatable bonds is 7. The molecule has 0 aliphatic carbocycles. The van der Waals surface area contributed by atoms with E-state index in [1.165, 1.54) is 5.56 Å². The summed E-state index contributed by atoms with van der Waals surface area (Å²) in [7, 11) is 3.95. The van der Waals surface area contributed by atoms with Crippen LogP contribution < -0.4 is 0 Å². The first-order chi connectivity index (χ1) is 16.2. The standard InChI is InChI=1S/C27H32N4O3/c1-17(2)19-10-12-20(13-11-19)24-22(26(33)27(34)31(24)16-8-14-29(4)5)25(32)23-18(3)28-21-9-6-7-15-30(21)23/h6-7,9-13,15,17,24,32H,8,14,16H2,1-5H3/t24-/m0/s1. The summed E-state index contributed by atoms with van der Waals surface area (Å²) < 4.78 is 1.75. The van der Waals surface area contributed by atoms with Crippen LogP contribution in [0.3, 0.4) is 0 Å². The third kappa shape index (κ3) is 4.23. The number of amides is 1. The number of benzene rings is 1. The van der Waals surface area contributed by atoms with E-state index in [2.05, 4.69) is 18.8 Å². The predicted octanol–water partition coefficient (Wildman–Crippen LogP) is 4.14. The first-order valence-electron chi connectivity index (χ1n) is 11.7. The van der Waals surface area contributed by atoms with Gasteiger partial charge in [0.25, 0.3) is 11.7 Å². The van der Waals surface area contributed by atoms with Crippen LogP contribution in [0.2, 0.25) is 0 Å². The molecule has 0 spiro atoms. The first-order valence-corrected chi connectivity index (χ1v) is 11.7. The Morgan fingerprint density at radius 3 is 2.47 bits per heavy atom. The first kappa shape index (κ1) is 23.7. The lowest BCUT2D eigenvalue weighted by Gasteiger charge is -2.26. The second-order valence-electron chi connectivity index (χ2n) is 9.45. The molecule has 1 aromatic carbocycles. The number of carbonyl (C=O) groups is 2. The number of aryl methyl sites for hydroxylation is 1. The predicted molar refractivity (Wildman–Crippen MR) is 133 cm³/mol. The molecule has 178 valence electrons. The highest BCUT2D eigenvalue weighted by atomic mass is 16.3. The van der Waals surface area contributed by atoms with Gasteiger partial charge in [-0.15, -0.1) is 0 Å². The fourth-order valence-electron chi connectivity index (χ4n) is 4.60. The Hall–Kier alpha value is -3.45. The van der Waals surface area contributed by atoms with Gasteiger partial charge in [0.15, 0.2) is 5.76 Å². The van der Waals surface area contributed by atoms with Gasteiger partial charge in [0.1, 0.15) is 11.3 Å². The summed E-state index contributed by atoms with van der Waals surface area (Å²) in [6.45, 7) is 7.24. The van der Waals surface area contributed by atoms with Crippen LogP contribution in [0.5, 0.6) is 0 Å². The van der Waals surface area contributed by atoms with Crippen molar-refractivity contribution in [2.75, 3.05) is 27.2 Å². The lowest BCUT2D eigenvalue weighted by Crippen LogP contribution is -2.32. The van der Waals surface area contributed by atoms with Crippen LogP contribution in [-0.2, 0) is 9.59 Å². The lowest BCUT2D eigenvalue weighted by atomic mass is 9.93. The summed E-state index contributed by atoms with van der Waals surface area (Å²) in [5, 5.41) is 11.5. The molecule has 0 saturated carbocycles. The fourth-order valence-corrected chi connectivity index (χ4v) is 4.60. The number of fused-ring (bicyclic) bond motifs is 1. The Morgan fingerprint density at radius 2 is 1.82 bits per heavy atom.